The molecule has 0 heterocycles. The number of nitrogens with two attached hydrogens (primary N) is 1. The van der Waals surface area contributed by atoms with E-state index in [0.29, 0.717) is 6.54 Å². The second kappa shape index (κ2) is 14.1. The fourth-order valence-electron chi connectivity index (χ4n) is 2.14. The van der Waals surface area contributed by atoms with Gasteiger partial charge < -0.3 is 5.73 Å². The molecular weight excluding hydrogens is 275 g/mol. The van der Waals surface area contributed by atoms with Crippen molar-refractivity contribution in [2.24, 2.45) is 11.7 Å². The molecule has 0 spiro atoms. The van der Waals surface area contributed by atoms with Gasteiger partial charge in [-0.15, -0.1) is 11.8 Å². The van der Waals surface area contributed by atoms with Crippen LogP contribution in [-0.4, -0.2) is 0 Å². The molecule has 0 unspecified atom stereocenters. The molecule has 2 rings (SSSR count). The Morgan fingerprint density at radius 1 is 1.09 bits per heavy atom. The van der Waals surface area contributed by atoms with Gasteiger partial charge in [-0.2, -0.15) is 5.26 Å². The first-order valence-electron chi connectivity index (χ1n) is 7.82. The molecule has 2 N–H and O–H groups in total. The molecule has 0 bridgehead atoms. The van der Waals surface area contributed by atoms with Crippen molar-refractivity contribution in [3.8, 4) is 17.9 Å². The van der Waals surface area contributed by atoms with Crippen LogP contribution in [0, 0.1) is 34.9 Å². The summed E-state index contributed by atoms with van der Waals surface area (Å²) in [5.74, 6) is 5.89. The average Bonchev–Trinajstić information content (AvgIpc) is 2.58. The molecule has 0 atom stereocenters. The van der Waals surface area contributed by atoms with Crippen molar-refractivity contribution >= 4 is 0 Å². The van der Waals surface area contributed by atoms with Crippen molar-refractivity contribution in [3.05, 3.63) is 35.6 Å². The van der Waals surface area contributed by atoms with E-state index in [1.807, 2.05) is 13.8 Å². The van der Waals surface area contributed by atoms with Crippen molar-refractivity contribution in [3.63, 3.8) is 0 Å². The summed E-state index contributed by atoms with van der Waals surface area (Å²) in [6.07, 6.45) is 7.49. The zero-order chi connectivity index (χ0) is 16.6. The molecular formula is C19H27FN2. The first-order chi connectivity index (χ1) is 10.7. The number of hydrogen-bond donors (Lipinski definition) is 1. The summed E-state index contributed by atoms with van der Waals surface area (Å²) in [7, 11) is 0. The van der Waals surface area contributed by atoms with Crippen LogP contribution in [0.3, 0.4) is 0 Å². The van der Waals surface area contributed by atoms with Gasteiger partial charge in [-0.25, -0.2) is 4.39 Å². The maximum atomic E-state index is 12.2. The molecule has 22 heavy (non-hydrogen) atoms. The van der Waals surface area contributed by atoms with Gasteiger partial charge in [0.15, 0.2) is 0 Å². The van der Waals surface area contributed by atoms with E-state index in [0.717, 1.165) is 17.9 Å². The van der Waals surface area contributed by atoms with Gasteiger partial charge in [0.25, 0.3) is 0 Å². The maximum absolute atomic E-state index is 12.2. The Morgan fingerprint density at radius 2 is 1.64 bits per heavy atom. The van der Waals surface area contributed by atoms with Gasteiger partial charge in [-0.1, -0.05) is 31.4 Å². The molecule has 1 aromatic carbocycles. The van der Waals surface area contributed by atoms with Gasteiger partial charge in [0, 0.05) is 13.0 Å². The van der Waals surface area contributed by atoms with E-state index >= 15 is 0 Å². The lowest BCUT2D eigenvalue weighted by Crippen LogP contribution is -2.04. The summed E-state index contributed by atoms with van der Waals surface area (Å²) in [4.78, 5) is 0. The SMILES string of the molecule is CC#CC.N#CCC1CCCCC1.NCc1ccc(F)cc1. The molecule has 0 aliphatic heterocycles. The third-order valence-electron chi connectivity index (χ3n) is 3.50. The third kappa shape index (κ3) is 10.9. The van der Waals surface area contributed by atoms with Crippen LogP contribution in [0.1, 0.15) is 57.9 Å². The summed E-state index contributed by atoms with van der Waals surface area (Å²) in [6.45, 7) is 4.11. The average molecular weight is 302 g/mol. The summed E-state index contributed by atoms with van der Waals surface area (Å²) >= 11 is 0. The summed E-state index contributed by atoms with van der Waals surface area (Å²) in [6, 6.07) is 8.40. The molecule has 0 saturated heterocycles. The lowest BCUT2D eigenvalue weighted by molar-refractivity contribution is 0.364. The fraction of sp³-hybridized carbons (Fsp3) is 0.526. The standard InChI is InChI=1S/C8H13N.C7H8FN.C4H6/c9-7-6-8-4-2-1-3-5-8;8-7-3-1-6(5-9)2-4-7;1-3-4-2/h8H,1-6H2;1-4H,5,9H2;1-2H3. The molecule has 0 radical (unpaired) electrons. The van der Waals surface area contributed by atoms with Gasteiger partial charge in [-0.3, -0.25) is 0 Å². The van der Waals surface area contributed by atoms with E-state index in [1.54, 1.807) is 12.1 Å². The summed E-state index contributed by atoms with van der Waals surface area (Å²) in [5.41, 5.74) is 6.23. The monoisotopic (exact) mass is 302 g/mol. The number of rotatable bonds is 2. The van der Waals surface area contributed by atoms with Gasteiger partial charge in [-0.05, 0) is 50.3 Å². The molecule has 0 aromatic heterocycles. The Morgan fingerprint density at radius 3 is 2.05 bits per heavy atom. The molecule has 3 heteroatoms. The van der Waals surface area contributed by atoms with Gasteiger partial charge in [0.2, 0.25) is 0 Å². The predicted octanol–water partition coefficient (Wildman–Crippen LogP) is 4.79. The Bertz CT molecular complexity index is 465. The molecule has 0 amide bonds. The van der Waals surface area contributed by atoms with Crippen LogP contribution in [-0.2, 0) is 6.54 Å². The Balaban J connectivity index is 0.000000326. The molecule has 120 valence electrons. The largest absolute Gasteiger partial charge is 0.326 e. The summed E-state index contributed by atoms with van der Waals surface area (Å²) in [5, 5.41) is 8.37. The summed E-state index contributed by atoms with van der Waals surface area (Å²) < 4.78 is 12.2. The minimum absolute atomic E-state index is 0.216. The number of benzene rings is 1. The van der Waals surface area contributed by atoms with Crippen LogP contribution >= 0.6 is 0 Å². The highest BCUT2D eigenvalue weighted by Gasteiger charge is 2.11. The quantitative estimate of drug-likeness (QED) is 0.798. The van der Waals surface area contributed by atoms with Crippen LogP contribution in [0.5, 0.6) is 0 Å². The number of nitrogens with zero attached hydrogens (tertiary/aromatic N) is 1. The minimum atomic E-state index is -0.216. The highest BCUT2D eigenvalue weighted by atomic mass is 19.1. The molecule has 1 fully saturated rings. The van der Waals surface area contributed by atoms with E-state index in [1.165, 1.54) is 44.2 Å². The van der Waals surface area contributed by atoms with E-state index in [4.69, 9.17) is 11.0 Å². The third-order valence-corrected chi connectivity index (χ3v) is 3.50. The van der Waals surface area contributed by atoms with Crippen molar-refractivity contribution in [2.45, 2.75) is 58.9 Å². The maximum Gasteiger partial charge on any atom is 0.123 e. The predicted molar refractivity (Wildman–Crippen MR) is 90.2 cm³/mol. The molecule has 1 aliphatic carbocycles. The van der Waals surface area contributed by atoms with E-state index in [9.17, 15) is 4.39 Å². The number of hydrogen-bond acceptors (Lipinski definition) is 2. The second-order valence-electron chi connectivity index (χ2n) is 5.20. The van der Waals surface area contributed by atoms with Crippen LogP contribution in [0.25, 0.3) is 0 Å². The fourth-order valence-corrected chi connectivity index (χ4v) is 2.14. The van der Waals surface area contributed by atoms with Gasteiger partial charge >= 0.3 is 0 Å². The van der Waals surface area contributed by atoms with E-state index < -0.39 is 0 Å². The topological polar surface area (TPSA) is 49.8 Å². The number of nitriles is 1. The molecule has 2 nitrogen and oxygen atoms in total. The van der Waals surface area contributed by atoms with Gasteiger partial charge in [0.1, 0.15) is 5.82 Å². The Labute approximate surface area is 134 Å². The lowest BCUT2D eigenvalue weighted by atomic mass is 9.87. The van der Waals surface area contributed by atoms with Crippen LogP contribution in [0.15, 0.2) is 24.3 Å². The first kappa shape index (κ1) is 20.2. The zero-order valence-corrected chi connectivity index (χ0v) is 13.7. The van der Waals surface area contributed by atoms with Crippen molar-refractivity contribution in [1.82, 2.24) is 0 Å². The molecule has 1 saturated carbocycles. The first-order valence-corrected chi connectivity index (χ1v) is 7.82. The normalized spacial score (nSPS) is 13.2. The highest BCUT2D eigenvalue weighted by Crippen LogP contribution is 2.25. The highest BCUT2D eigenvalue weighted by molar-refractivity contribution is 5.15. The molecule has 1 aliphatic rings. The van der Waals surface area contributed by atoms with Crippen molar-refractivity contribution in [2.75, 3.05) is 0 Å². The minimum Gasteiger partial charge on any atom is -0.326 e. The van der Waals surface area contributed by atoms with E-state index in [-0.39, 0.29) is 5.82 Å². The van der Waals surface area contributed by atoms with Crippen molar-refractivity contribution < 1.29 is 4.39 Å². The van der Waals surface area contributed by atoms with Crippen LogP contribution < -0.4 is 5.73 Å². The molecule has 1 aromatic rings. The van der Waals surface area contributed by atoms with Crippen molar-refractivity contribution in [1.29, 1.82) is 5.26 Å². The Hall–Kier alpha value is -1.84. The second-order valence-corrected chi connectivity index (χ2v) is 5.20. The van der Waals surface area contributed by atoms with Crippen LogP contribution in [0.2, 0.25) is 0 Å². The lowest BCUT2D eigenvalue weighted by Gasteiger charge is -2.17. The Kier molecular flexibility index (Phi) is 12.9. The smallest absolute Gasteiger partial charge is 0.123 e. The van der Waals surface area contributed by atoms with E-state index in [2.05, 4.69) is 17.9 Å². The van der Waals surface area contributed by atoms with Gasteiger partial charge in [0.05, 0.1) is 6.07 Å². The van der Waals surface area contributed by atoms with Crippen LogP contribution in [0.4, 0.5) is 4.39 Å². The zero-order valence-electron chi connectivity index (χ0n) is 13.7. The number of halogens is 1.